The van der Waals surface area contributed by atoms with E-state index in [-0.39, 0.29) is 34.7 Å². The van der Waals surface area contributed by atoms with Gasteiger partial charge >= 0.3 is 6.03 Å². The maximum absolute atomic E-state index is 11.8. The number of unbranched alkanes of at least 4 members (excludes halogenated alkanes) is 1. The summed E-state index contributed by atoms with van der Waals surface area (Å²) in [6.07, 6.45) is 4.29. The summed E-state index contributed by atoms with van der Waals surface area (Å²) >= 11 is 1.93. The fourth-order valence-corrected chi connectivity index (χ4v) is 5.24. The van der Waals surface area contributed by atoms with Crippen LogP contribution >= 0.6 is 11.8 Å². The molecule has 0 aromatic rings. The van der Waals surface area contributed by atoms with Crippen molar-refractivity contribution in [3.8, 4) is 0 Å². The summed E-state index contributed by atoms with van der Waals surface area (Å²) in [5.74, 6) is 1.12. The number of rotatable bonds is 10. The minimum atomic E-state index is -0.336. The first kappa shape index (κ1) is 19.9. The van der Waals surface area contributed by atoms with E-state index < -0.39 is 0 Å². The van der Waals surface area contributed by atoms with Crippen molar-refractivity contribution in [2.45, 2.75) is 69.2 Å². The molecule has 4 amide bonds. The Hall–Kier alpha value is -1.44. The van der Waals surface area contributed by atoms with Crippen LogP contribution in [0, 0.1) is 5.92 Å². The highest BCUT2D eigenvalue weighted by Gasteiger charge is 2.52. The normalized spacial score (nSPS) is 28.8. The van der Waals surface area contributed by atoms with Crippen LogP contribution in [0.1, 0.15) is 52.4 Å². The Morgan fingerprint density at radius 1 is 1.32 bits per heavy atom. The highest BCUT2D eigenvalue weighted by Crippen LogP contribution is 2.46. The predicted molar refractivity (Wildman–Crippen MR) is 99.2 cm³/mol. The molecule has 8 heteroatoms. The predicted octanol–water partition coefficient (Wildman–Crippen LogP) is 1.12. The van der Waals surface area contributed by atoms with E-state index in [0.29, 0.717) is 31.7 Å². The number of hydrogen-bond donors (Lipinski definition) is 4. The van der Waals surface area contributed by atoms with Gasteiger partial charge in [-0.1, -0.05) is 13.3 Å². The molecule has 2 rings (SSSR count). The summed E-state index contributed by atoms with van der Waals surface area (Å²) in [5.41, 5.74) is 5.06. The Balaban J connectivity index is 1.62. The summed E-state index contributed by atoms with van der Waals surface area (Å²) in [5, 5.41) is 8.87. The summed E-state index contributed by atoms with van der Waals surface area (Å²) in [4.78, 5) is 33.9. The average molecular weight is 371 g/mol. The van der Waals surface area contributed by atoms with Crippen molar-refractivity contribution in [2.75, 3.05) is 12.3 Å². The lowest BCUT2D eigenvalue weighted by Gasteiger charge is -2.35. The molecule has 0 aliphatic carbocycles. The highest BCUT2D eigenvalue weighted by molar-refractivity contribution is 8.01. The number of nitrogens with two attached hydrogens (primary N) is 1. The number of nitrogens with one attached hydrogen (secondary N) is 3. The van der Waals surface area contributed by atoms with Gasteiger partial charge in [0.1, 0.15) is 0 Å². The van der Waals surface area contributed by atoms with Crippen LogP contribution in [-0.2, 0) is 9.59 Å². The number of carbonyl (C=O) groups excluding carboxylic acids is 3. The minimum absolute atomic E-state index is 0.0332. The summed E-state index contributed by atoms with van der Waals surface area (Å²) < 4.78 is 0.0425. The quantitative estimate of drug-likeness (QED) is 0.341. The first-order chi connectivity index (χ1) is 11.8. The van der Waals surface area contributed by atoms with Crippen molar-refractivity contribution in [3.63, 3.8) is 0 Å². The molecule has 0 aromatic heterocycles. The van der Waals surface area contributed by atoms with E-state index in [9.17, 15) is 14.4 Å². The SMILES string of the molecule is C[C@@H](CCCCC(=O)NCCCC(N)=O)C1(C)SC[C@@H]2NC(=O)N[C@@H]21. The van der Waals surface area contributed by atoms with E-state index in [1.807, 2.05) is 11.8 Å². The fraction of sp³-hybridized carbons (Fsp3) is 0.824. The first-order valence-corrected chi connectivity index (χ1v) is 10.1. The van der Waals surface area contributed by atoms with Crippen molar-refractivity contribution in [1.82, 2.24) is 16.0 Å². The molecule has 2 fully saturated rings. The van der Waals surface area contributed by atoms with Gasteiger partial charge in [-0.15, -0.1) is 0 Å². The van der Waals surface area contributed by atoms with E-state index in [1.165, 1.54) is 0 Å². The van der Waals surface area contributed by atoms with E-state index in [0.717, 1.165) is 25.0 Å². The van der Waals surface area contributed by atoms with Crippen LogP contribution in [0.5, 0.6) is 0 Å². The largest absolute Gasteiger partial charge is 0.370 e. The Morgan fingerprint density at radius 3 is 2.80 bits per heavy atom. The molecule has 2 saturated heterocycles. The van der Waals surface area contributed by atoms with Crippen LogP contribution < -0.4 is 21.7 Å². The number of fused-ring (bicyclic) bond motifs is 1. The fourth-order valence-electron chi connectivity index (χ4n) is 3.63. The third-order valence-corrected chi connectivity index (χ3v) is 7.19. The summed E-state index contributed by atoms with van der Waals surface area (Å²) in [7, 11) is 0. The molecule has 4 atom stereocenters. The Kier molecular flexibility index (Phi) is 6.98. The number of carbonyl (C=O) groups is 3. The van der Waals surface area contributed by atoms with Gasteiger partial charge in [-0.3, -0.25) is 9.59 Å². The van der Waals surface area contributed by atoms with Gasteiger partial charge < -0.3 is 21.7 Å². The van der Waals surface area contributed by atoms with Crippen LogP contribution in [0.4, 0.5) is 4.79 Å². The van der Waals surface area contributed by atoms with Gasteiger partial charge in [-0.05, 0) is 32.1 Å². The van der Waals surface area contributed by atoms with Gasteiger partial charge in [0.05, 0.1) is 12.1 Å². The molecule has 142 valence electrons. The van der Waals surface area contributed by atoms with Crippen LogP contribution in [0.15, 0.2) is 0 Å². The molecular weight excluding hydrogens is 340 g/mol. The minimum Gasteiger partial charge on any atom is -0.370 e. The number of hydrogen-bond acceptors (Lipinski definition) is 4. The zero-order chi connectivity index (χ0) is 18.4. The summed E-state index contributed by atoms with van der Waals surface area (Å²) in [6.45, 7) is 4.98. The van der Waals surface area contributed by atoms with Crippen molar-refractivity contribution >= 4 is 29.6 Å². The molecule has 0 saturated carbocycles. The van der Waals surface area contributed by atoms with E-state index >= 15 is 0 Å². The van der Waals surface area contributed by atoms with Crippen molar-refractivity contribution in [1.29, 1.82) is 0 Å². The van der Waals surface area contributed by atoms with E-state index in [1.54, 1.807) is 0 Å². The molecule has 7 nitrogen and oxygen atoms in total. The number of urea groups is 1. The molecule has 2 aliphatic rings. The molecule has 0 aromatic carbocycles. The van der Waals surface area contributed by atoms with Gasteiger partial charge in [0.2, 0.25) is 11.8 Å². The molecule has 5 N–H and O–H groups in total. The van der Waals surface area contributed by atoms with Gasteiger partial charge in [-0.2, -0.15) is 11.8 Å². The van der Waals surface area contributed by atoms with Gasteiger partial charge in [0.15, 0.2) is 0 Å². The topological polar surface area (TPSA) is 113 Å². The van der Waals surface area contributed by atoms with Crippen molar-refractivity contribution < 1.29 is 14.4 Å². The number of primary amides is 1. The van der Waals surface area contributed by atoms with Crippen LogP contribution in [0.25, 0.3) is 0 Å². The maximum Gasteiger partial charge on any atom is 0.315 e. The lowest BCUT2D eigenvalue weighted by atomic mass is 9.82. The van der Waals surface area contributed by atoms with Gasteiger partial charge in [0.25, 0.3) is 0 Å². The zero-order valence-electron chi connectivity index (χ0n) is 15.1. The average Bonchev–Trinajstić information content (AvgIpc) is 3.07. The van der Waals surface area contributed by atoms with Crippen molar-refractivity contribution in [3.05, 3.63) is 0 Å². The van der Waals surface area contributed by atoms with Crippen LogP contribution in [0.3, 0.4) is 0 Å². The lowest BCUT2D eigenvalue weighted by Crippen LogP contribution is -2.48. The molecule has 25 heavy (non-hydrogen) atoms. The Bertz CT molecular complexity index is 516. The second-order valence-corrected chi connectivity index (χ2v) is 8.77. The monoisotopic (exact) mass is 370 g/mol. The summed E-state index contributed by atoms with van der Waals surface area (Å²) in [6, 6.07) is 0.367. The zero-order valence-corrected chi connectivity index (χ0v) is 15.9. The Labute approximate surface area is 153 Å². The smallest absolute Gasteiger partial charge is 0.315 e. The third kappa shape index (κ3) is 5.26. The molecular formula is C17H30N4O3S. The highest BCUT2D eigenvalue weighted by atomic mass is 32.2. The molecule has 0 radical (unpaired) electrons. The number of amides is 4. The second kappa shape index (κ2) is 8.78. The first-order valence-electron chi connectivity index (χ1n) is 9.09. The third-order valence-electron chi connectivity index (χ3n) is 5.39. The van der Waals surface area contributed by atoms with Gasteiger partial charge in [0, 0.05) is 29.9 Å². The lowest BCUT2D eigenvalue weighted by molar-refractivity contribution is -0.122. The van der Waals surface area contributed by atoms with E-state index in [2.05, 4.69) is 29.8 Å². The molecule has 2 heterocycles. The van der Waals surface area contributed by atoms with Crippen LogP contribution in [-0.4, -0.2) is 47.0 Å². The molecule has 0 bridgehead atoms. The second-order valence-electron chi connectivity index (χ2n) is 7.26. The molecule has 0 spiro atoms. The van der Waals surface area contributed by atoms with Crippen LogP contribution in [0.2, 0.25) is 0 Å². The Morgan fingerprint density at radius 2 is 2.08 bits per heavy atom. The number of thioether (sulfide) groups is 1. The maximum atomic E-state index is 11.8. The molecule has 2 aliphatic heterocycles. The standard InChI is InChI=1S/C17H30N4O3S/c1-11(17(2)15-12(10-25-17)20-16(24)21-15)6-3-4-8-14(23)19-9-5-7-13(18)22/h11-12,15H,3-10H2,1-2H3,(H2,18,22)(H,19,23)(H2,20,21,24)/t11-,12-,15-,17?/m0/s1. The van der Waals surface area contributed by atoms with E-state index in [4.69, 9.17) is 5.73 Å². The van der Waals surface area contributed by atoms with Crippen molar-refractivity contribution in [2.24, 2.45) is 11.7 Å². The molecule has 1 unspecified atom stereocenters. The van der Waals surface area contributed by atoms with Gasteiger partial charge in [-0.25, -0.2) is 4.79 Å².